The van der Waals surface area contributed by atoms with E-state index in [1.165, 1.54) is 5.56 Å². The summed E-state index contributed by atoms with van der Waals surface area (Å²) in [5.41, 5.74) is 2.11. The fourth-order valence-corrected chi connectivity index (χ4v) is 3.24. The van der Waals surface area contributed by atoms with Gasteiger partial charge in [0.1, 0.15) is 0 Å². The van der Waals surface area contributed by atoms with Gasteiger partial charge in [0.25, 0.3) is 0 Å². The molecule has 3 aromatic rings. The van der Waals surface area contributed by atoms with Gasteiger partial charge in [-0.25, -0.2) is 0 Å². The smallest absolute Gasteiger partial charge is 0.318 e. The lowest BCUT2D eigenvalue weighted by molar-refractivity contribution is -0.131. The van der Waals surface area contributed by atoms with E-state index >= 15 is 0 Å². The van der Waals surface area contributed by atoms with Gasteiger partial charge in [-0.3, -0.25) is 4.79 Å². The summed E-state index contributed by atoms with van der Waals surface area (Å²) >= 11 is 0. The molecule has 1 fully saturated rings. The van der Waals surface area contributed by atoms with E-state index in [9.17, 15) is 4.79 Å². The van der Waals surface area contributed by atoms with Crippen molar-refractivity contribution in [3.8, 4) is 11.5 Å². The summed E-state index contributed by atoms with van der Waals surface area (Å²) in [5.74, 6) is 0.723. The summed E-state index contributed by atoms with van der Waals surface area (Å²) in [7, 11) is 0. The molecule has 1 aliphatic rings. The quantitative estimate of drug-likeness (QED) is 0.698. The monoisotopic (exact) mass is 362 g/mol. The molecule has 0 unspecified atom stereocenters. The molecule has 4 rings (SSSR count). The van der Waals surface area contributed by atoms with Crippen molar-refractivity contribution in [1.29, 1.82) is 0 Å². The lowest BCUT2D eigenvalue weighted by Gasteiger charge is -2.33. The Morgan fingerprint density at radius 1 is 0.889 bits per heavy atom. The second kappa shape index (κ2) is 8.03. The SMILES string of the molecule is O=C(CCc1ccccc1)N1CCN(c2nnc(-c3ccccc3)o2)CC1. The summed E-state index contributed by atoms with van der Waals surface area (Å²) < 4.78 is 5.81. The average molecular weight is 362 g/mol. The maximum atomic E-state index is 12.5. The van der Waals surface area contributed by atoms with E-state index in [-0.39, 0.29) is 5.91 Å². The van der Waals surface area contributed by atoms with Crippen LogP contribution in [0.15, 0.2) is 65.1 Å². The predicted molar refractivity (Wildman–Crippen MR) is 103 cm³/mol. The lowest BCUT2D eigenvalue weighted by Crippen LogP contribution is -2.49. The number of aryl methyl sites for hydroxylation is 1. The number of anilines is 1. The van der Waals surface area contributed by atoms with E-state index in [2.05, 4.69) is 22.3 Å². The number of nitrogens with zero attached hydrogens (tertiary/aromatic N) is 4. The Morgan fingerprint density at radius 2 is 1.56 bits per heavy atom. The first-order valence-electron chi connectivity index (χ1n) is 9.25. The lowest BCUT2D eigenvalue weighted by atomic mass is 10.1. The Labute approximate surface area is 158 Å². The van der Waals surface area contributed by atoms with Gasteiger partial charge in [-0.05, 0) is 24.1 Å². The van der Waals surface area contributed by atoms with Gasteiger partial charge in [0, 0.05) is 38.2 Å². The molecule has 0 aliphatic carbocycles. The second-order valence-electron chi connectivity index (χ2n) is 6.61. The number of rotatable bonds is 5. The minimum absolute atomic E-state index is 0.203. The highest BCUT2D eigenvalue weighted by atomic mass is 16.4. The molecule has 0 atom stereocenters. The first kappa shape index (κ1) is 17.3. The van der Waals surface area contributed by atoms with Gasteiger partial charge < -0.3 is 14.2 Å². The maximum Gasteiger partial charge on any atom is 0.318 e. The van der Waals surface area contributed by atoms with Crippen LogP contribution in [0.25, 0.3) is 11.5 Å². The molecule has 0 radical (unpaired) electrons. The van der Waals surface area contributed by atoms with Crippen LogP contribution in [0.4, 0.5) is 6.01 Å². The van der Waals surface area contributed by atoms with Crippen LogP contribution in [0.5, 0.6) is 0 Å². The highest BCUT2D eigenvalue weighted by molar-refractivity contribution is 5.76. The molecule has 0 spiro atoms. The average Bonchev–Trinajstić information content (AvgIpc) is 3.24. The van der Waals surface area contributed by atoms with Crippen molar-refractivity contribution in [2.24, 2.45) is 0 Å². The van der Waals surface area contributed by atoms with Gasteiger partial charge >= 0.3 is 6.01 Å². The van der Waals surface area contributed by atoms with Gasteiger partial charge in [0.05, 0.1) is 0 Å². The van der Waals surface area contributed by atoms with Crippen molar-refractivity contribution in [1.82, 2.24) is 15.1 Å². The van der Waals surface area contributed by atoms with Gasteiger partial charge in [-0.15, -0.1) is 5.10 Å². The fourth-order valence-electron chi connectivity index (χ4n) is 3.24. The summed E-state index contributed by atoms with van der Waals surface area (Å²) in [6, 6.07) is 20.4. The molecule has 6 nitrogen and oxygen atoms in total. The van der Waals surface area contributed by atoms with E-state index in [1.54, 1.807) is 0 Å². The molecule has 0 bridgehead atoms. The van der Waals surface area contributed by atoms with E-state index < -0.39 is 0 Å². The van der Waals surface area contributed by atoms with Crippen LogP contribution in [0.2, 0.25) is 0 Å². The van der Waals surface area contributed by atoms with Crippen LogP contribution < -0.4 is 4.90 Å². The fraction of sp³-hybridized carbons (Fsp3) is 0.286. The molecule has 1 amide bonds. The van der Waals surface area contributed by atoms with Crippen LogP contribution in [0.3, 0.4) is 0 Å². The summed E-state index contributed by atoms with van der Waals surface area (Å²) in [5, 5.41) is 8.31. The van der Waals surface area contributed by atoms with Gasteiger partial charge in [-0.1, -0.05) is 53.6 Å². The molecule has 27 heavy (non-hydrogen) atoms. The van der Waals surface area contributed by atoms with Crippen molar-refractivity contribution < 1.29 is 9.21 Å². The molecule has 2 heterocycles. The van der Waals surface area contributed by atoms with Gasteiger partial charge in [0.2, 0.25) is 11.8 Å². The first-order chi connectivity index (χ1) is 13.3. The summed E-state index contributed by atoms with van der Waals surface area (Å²) in [6.45, 7) is 2.76. The van der Waals surface area contributed by atoms with Gasteiger partial charge in [-0.2, -0.15) is 0 Å². The van der Waals surface area contributed by atoms with Crippen molar-refractivity contribution in [2.45, 2.75) is 12.8 Å². The molecule has 138 valence electrons. The Hall–Kier alpha value is -3.15. The van der Waals surface area contributed by atoms with Crippen molar-refractivity contribution >= 4 is 11.9 Å². The molecule has 1 saturated heterocycles. The standard InChI is InChI=1S/C21H22N4O2/c26-19(12-11-17-7-3-1-4-8-17)24-13-15-25(16-14-24)21-23-22-20(27-21)18-9-5-2-6-10-18/h1-10H,11-16H2. The molecule has 0 saturated carbocycles. The zero-order valence-corrected chi connectivity index (χ0v) is 15.1. The Morgan fingerprint density at radius 3 is 2.26 bits per heavy atom. The number of benzene rings is 2. The molecule has 2 aromatic carbocycles. The molecule has 6 heteroatoms. The zero-order valence-electron chi connectivity index (χ0n) is 15.1. The molecular formula is C21H22N4O2. The summed E-state index contributed by atoms with van der Waals surface area (Å²) in [6.07, 6.45) is 1.33. The number of aromatic nitrogens is 2. The third-order valence-corrected chi connectivity index (χ3v) is 4.81. The van der Waals surface area contributed by atoms with E-state index in [4.69, 9.17) is 4.42 Å². The molecule has 1 aromatic heterocycles. The normalized spacial score (nSPS) is 14.4. The van der Waals surface area contributed by atoms with Crippen LogP contribution in [-0.2, 0) is 11.2 Å². The Kier molecular flexibility index (Phi) is 5.14. The van der Waals surface area contributed by atoms with Gasteiger partial charge in [0.15, 0.2) is 0 Å². The molecular weight excluding hydrogens is 340 g/mol. The maximum absolute atomic E-state index is 12.5. The number of piperazine rings is 1. The van der Waals surface area contributed by atoms with Crippen LogP contribution in [-0.4, -0.2) is 47.2 Å². The first-order valence-corrected chi connectivity index (χ1v) is 9.25. The summed E-state index contributed by atoms with van der Waals surface area (Å²) in [4.78, 5) is 16.4. The van der Waals surface area contributed by atoms with E-state index in [1.807, 2.05) is 58.3 Å². The van der Waals surface area contributed by atoms with Crippen molar-refractivity contribution in [2.75, 3.05) is 31.1 Å². The number of hydrogen-bond donors (Lipinski definition) is 0. The van der Waals surface area contributed by atoms with Crippen molar-refractivity contribution in [3.05, 3.63) is 66.2 Å². The minimum atomic E-state index is 0.203. The number of carbonyl (C=O) groups is 1. The minimum Gasteiger partial charge on any atom is -0.403 e. The van der Waals surface area contributed by atoms with Crippen LogP contribution in [0.1, 0.15) is 12.0 Å². The topological polar surface area (TPSA) is 62.5 Å². The van der Waals surface area contributed by atoms with E-state index in [0.29, 0.717) is 44.5 Å². The Bertz CT molecular complexity index is 871. The zero-order chi connectivity index (χ0) is 18.5. The Balaban J connectivity index is 1.30. The predicted octanol–water partition coefficient (Wildman–Crippen LogP) is 3.02. The highest BCUT2D eigenvalue weighted by Crippen LogP contribution is 2.22. The van der Waals surface area contributed by atoms with Crippen molar-refractivity contribution in [3.63, 3.8) is 0 Å². The highest BCUT2D eigenvalue weighted by Gasteiger charge is 2.24. The molecule has 0 N–H and O–H groups in total. The number of carbonyl (C=O) groups excluding carboxylic acids is 1. The molecule has 1 aliphatic heterocycles. The van der Waals surface area contributed by atoms with Crippen LogP contribution in [0, 0.1) is 0 Å². The van der Waals surface area contributed by atoms with Crippen LogP contribution >= 0.6 is 0 Å². The third kappa shape index (κ3) is 4.16. The van der Waals surface area contributed by atoms with E-state index in [0.717, 1.165) is 12.0 Å². The second-order valence-corrected chi connectivity index (χ2v) is 6.61. The third-order valence-electron chi connectivity index (χ3n) is 4.81. The number of hydrogen-bond acceptors (Lipinski definition) is 5. The largest absolute Gasteiger partial charge is 0.403 e. The number of amides is 1.